The maximum absolute atomic E-state index is 11.9. The second-order valence-electron chi connectivity index (χ2n) is 5.56. The largest absolute Gasteiger partial charge is 0.400 e. The third-order valence-corrected chi connectivity index (χ3v) is 3.30. The number of carbonyl (C=O) groups is 1. The van der Waals surface area contributed by atoms with E-state index >= 15 is 0 Å². The number of benzene rings is 1. The van der Waals surface area contributed by atoms with Gasteiger partial charge in [-0.25, -0.2) is 4.98 Å². The van der Waals surface area contributed by atoms with Gasteiger partial charge in [0.05, 0.1) is 0 Å². The highest BCUT2D eigenvalue weighted by Gasteiger charge is 2.04. The van der Waals surface area contributed by atoms with Crippen molar-refractivity contribution in [3.05, 3.63) is 59.4 Å². The molecular weight excluding hydrogens is 338 g/mol. The van der Waals surface area contributed by atoms with E-state index in [0.717, 1.165) is 19.1 Å². The zero-order valence-electron chi connectivity index (χ0n) is 16.7. The van der Waals surface area contributed by atoms with Gasteiger partial charge in [0.1, 0.15) is 5.69 Å². The van der Waals surface area contributed by atoms with Gasteiger partial charge < -0.3 is 16.2 Å². The summed E-state index contributed by atoms with van der Waals surface area (Å²) >= 11 is 0. The highest BCUT2D eigenvalue weighted by molar-refractivity contribution is 5.94. The van der Waals surface area contributed by atoms with Crippen LogP contribution < -0.4 is 11.1 Å². The van der Waals surface area contributed by atoms with Gasteiger partial charge in [0.25, 0.3) is 5.91 Å². The number of hydrogen-bond donors (Lipinski definition) is 3. The van der Waals surface area contributed by atoms with Crippen molar-refractivity contribution in [3.63, 3.8) is 0 Å². The van der Waals surface area contributed by atoms with Crippen molar-refractivity contribution in [2.75, 3.05) is 19.4 Å². The van der Waals surface area contributed by atoms with E-state index in [1.807, 2.05) is 19.1 Å². The summed E-state index contributed by atoms with van der Waals surface area (Å²) in [4.78, 5) is 16.0. The Labute approximate surface area is 163 Å². The molecule has 2 aromatic rings. The normalized spacial score (nSPS) is 8.78. The molecule has 0 aliphatic heterocycles. The van der Waals surface area contributed by atoms with Gasteiger partial charge >= 0.3 is 0 Å². The van der Waals surface area contributed by atoms with Crippen LogP contribution in [0.1, 0.15) is 61.6 Å². The first kappa shape index (κ1) is 24.2. The smallest absolute Gasteiger partial charge is 0.251 e. The molecule has 0 saturated carbocycles. The minimum Gasteiger partial charge on any atom is -0.400 e. The second-order valence-corrected chi connectivity index (χ2v) is 5.56. The molecule has 2 rings (SSSR count). The SMILES string of the molecule is CCCC.CCCNC(=O)c1ccnc(C#Cc2ccc(N)cc2)c1.CO. The van der Waals surface area contributed by atoms with Gasteiger partial charge in [0, 0.05) is 36.7 Å². The number of aliphatic hydroxyl groups is 1. The van der Waals surface area contributed by atoms with Crippen molar-refractivity contribution < 1.29 is 9.90 Å². The van der Waals surface area contributed by atoms with Crippen LogP contribution >= 0.6 is 0 Å². The van der Waals surface area contributed by atoms with Gasteiger partial charge in [-0.05, 0) is 48.7 Å². The van der Waals surface area contributed by atoms with Crippen LogP contribution in [0.15, 0.2) is 42.6 Å². The number of anilines is 1. The first-order chi connectivity index (χ1) is 13.1. The van der Waals surface area contributed by atoms with Crippen molar-refractivity contribution in [1.29, 1.82) is 0 Å². The molecule has 0 aliphatic carbocycles. The van der Waals surface area contributed by atoms with Crippen molar-refractivity contribution >= 4 is 11.6 Å². The molecule has 1 amide bonds. The third-order valence-electron chi connectivity index (χ3n) is 3.30. The average molecular weight is 370 g/mol. The number of pyridine rings is 1. The zero-order valence-corrected chi connectivity index (χ0v) is 16.7. The summed E-state index contributed by atoms with van der Waals surface area (Å²) in [6, 6.07) is 10.7. The van der Waals surface area contributed by atoms with Gasteiger partial charge in [0.15, 0.2) is 0 Å². The van der Waals surface area contributed by atoms with Gasteiger partial charge in [-0.1, -0.05) is 39.5 Å². The monoisotopic (exact) mass is 369 g/mol. The van der Waals surface area contributed by atoms with Crippen molar-refractivity contribution in [3.8, 4) is 11.8 Å². The number of aliphatic hydroxyl groups excluding tert-OH is 1. The average Bonchev–Trinajstić information content (AvgIpc) is 2.73. The van der Waals surface area contributed by atoms with Crippen LogP contribution in [-0.2, 0) is 0 Å². The summed E-state index contributed by atoms with van der Waals surface area (Å²) in [6.45, 7) is 7.03. The fraction of sp³-hybridized carbons (Fsp3) is 0.364. The van der Waals surface area contributed by atoms with Crippen LogP contribution in [-0.4, -0.2) is 29.7 Å². The Hall–Kier alpha value is -2.84. The summed E-state index contributed by atoms with van der Waals surface area (Å²) in [5, 5.41) is 9.83. The first-order valence-corrected chi connectivity index (χ1v) is 9.17. The lowest BCUT2D eigenvalue weighted by Crippen LogP contribution is -2.24. The number of amides is 1. The maximum atomic E-state index is 11.9. The van der Waals surface area contributed by atoms with Crippen molar-refractivity contribution in [2.24, 2.45) is 0 Å². The predicted octanol–water partition coefficient (Wildman–Crippen LogP) is 3.62. The van der Waals surface area contributed by atoms with Crippen LogP contribution in [0, 0.1) is 11.8 Å². The van der Waals surface area contributed by atoms with Crippen LogP contribution in [0.3, 0.4) is 0 Å². The topological polar surface area (TPSA) is 88.2 Å². The number of nitrogens with zero attached hydrogens (tertiary/aromatic N) is 1. The quantitative estimate of drug-likeness (QED) is 0.567. The Morgan fingerprint density at radius 1 is 1.04 bits per heavy atom. The summed E-state index contributed by atoms with van der Waals surface area (Å²) < 4.78 is 0. The van der Waals surface area contributed by atoms with Gasteiger partial charge in [0.2, 0.25) is 0 Å². The lowest BCUT2D eigenvalue weighted by atomic mass is 10.2. The Balaban J connectivity index is 0.000000998. The number of unbranched alkanes of at least 4 members (excludes halogenated alkanes) is 1. The number of nitrogens with one attached hydrogen (secondary N) is 1. The molecule has 5 nitrogen and oxygen atoms in total. The summed E-state index contributed by atoms with van der Waals surface area (Å²) in [7, 11) is 1.00. The van der Waals surface area contributed by atoms with E-state index in [1.165, 1.54) is 12.8 Å². The molecule has 1 aromatic heterocycles. The summed E-state index contributed by atoms with van der Waals surface area (Å²) in [6.07, 6.45) is 5.13. The Bertz CT molecular complexity index is 714. The van der Waals surface area contributed by atoms with Crippen LogP contribution in [0.4, 0.5) is 5.69 Å². The minimum absolute atomic E-state index is 0.102. The molecule has 5 heteroatoms. The van der Waals surface area contributed by atoms with Gasteiger partial charge in [-0.15, -0.1) is 0 Å². The number of hydrogen-bond acceptors (Lipinski definition) is 4. The molecule has 27 heavy (non-hydrogen) atoms. The molecule has 0 aliphatic rings. The molecule has 0 unspecified atom stereocenters. The van der Waals surface area contributed by atoms with Gasteiger partial charge in [-0.2, -0.15) is 0 Å². The molecule has 4 N–H and O–H groups in total. The van der Waals surface area contributed by atoms with E-state index in [9.17, 15) is 4.79 Å². The fourth-order valence-electron chi connectivity index (χ4n) is 1.68. The Morgan fingerprint density at radius 2 is 1.67 bits per heavy atom. The Morgan fingerprint density at radius 3 is 2.22 bits per heavy atom. The molecular formula is C22H31N3O2. The van der Waals surface area contributed by atoms with Crippen molar-refractivity contribution in [2.45, 2.75) is 40.0 Å². The molecule has 146 valence electrons. The molecule has 0 radical (unpaired) electrons. The molecule has 0 spiro atoms. The Kier molecular flexibility index (Phi) is 13.8. The number of carbonyl (C=O) groups excluding carboxylic acids is 1. The van der Waals surface area contributed by atoms with E-state index in [2.05, 4.69) is 36.0 Å². The van der Waals surface area contributed by atoms with E-state index in [0.29, 0.717) is 23.5 Å². The third kappa shape index (κ3) is 10.7. The van der Waals surface area contributed by atoms with E-state index in [1.54, 1.807) is 30.5 Å². The van der Waals surface area contributed by atoms with Crippen LogP contribution in [0.25, 0.3) is 0 Å². The number of aromatic nitrogens is 1. The molecule has 0 fully saturated rings. The molecule has 1 aromatic carbocycles. The van der Waals surface area contributed by atoms with Gasteiger partial charge in [-0.3, -0.25) is 4.79 Å². The van der Waals surface area contributed by atoms with E-state index < -0.39 is 0 Å². The maximum Gasteiger partial charge on any atom is 0.251 e. The zero-order chi connectivity index (χ0) is 20.5. The van der Waals surface area contributed by atoms with E-state index in [4.69, 9.17) is 10.8 Å². The predicted molar refractivity (Wildman–Crippen MR) is 112 cm³/mol. The molecule has 0 bridgehead atoms. The highest BCUT2D eigenvalue weighted by Crippen LogP contribution is 2.05. The number of nitrogens with two attached hydrogens (primary N) is 1. The summed E-state index contributed by atoms with van der Waals surface area (Å²) in [5.41, 5.74) is 8.31. The first-order valence-electron chi connectivity index (χ1n) is 9.17. The van der Waals surface area contributed by atoms with Crippen molar-refractivity contribution in [1.82, 2.24) is 10.3 Å². The fourth-order valence-corrected chi connectivity index (χ4v) is 1.68. The lowest BCUT2D eigenvalue weighted by Gasteiger charge is -2.02. The highest BCUT2D eigenvalue weighted by atomic mass is 16.2. The second kappa shape index (κ2) is 15.4. The minimum atomic E-state index is -0.102. The number of nitrogen functional groups attached to an aromatic ring is 1. The van der Waals surface area contributed by atoms with E-state index in [-0.39, 0.29) is 5.91 Å². The van der Waals surface area contributed by atoms with Crippen LogP contribution in [0.5, 0.6) is 0 Å². The molecule has 1 heterocycles. The molecule has 0 saturated heterocycles. The standard InChI is InChI=1S/C17H17N3O.C4H10.CH4O/c1-2-10-20-17(21)14-9-11-19-16(12-14)8-5-13-3-6-15(18)7-4-13;1-3-4-2;1-2/h3-4,6-7,9,11-12H,2,10,18H2,1H3,(H,20,21);3-4H2,1-2H3;2H,1H3. The summed E-state index contributed by atoms with van der Waals surface area (Å²) in [5.74, 6) is 5.85. The van der Waals surface area contributed by atoms with Crippen LogP contribution in [0.2, 0.25) is 0 Å². The number of rotatable bonds is 4. The lowest BCUT2D eigenvalue weighted by molar-refractivity contribution is 0.0953. The molecule has 0 atom stereocenters.